The maximum Gasteiger partial charge on any atom is 0.258 e. The van der Waals surface area contributed by atoms with Crippen LogP contribution in [0.1, 0.15) is 5.82 Å². The van der Waals surface area contributed by atoms with Crippen molar-refractivity contribution < 1.29 is 9.53 Å². The van der Waals surface area contributed by atoms with Gasteiger partial charge in [0, 0.05) is 14.2 Å². The number of likely N-dealkylation sites (N-methyl/N-ethyl adjacent to an activating group) is 1. The molecule has 0 saturated heterocycles. The van der Waals surface area contributed by atoms with Crippen molar-refractivity contribution in [1.82, 2.24) is 14.9 Å². The first kappa shape index (κ1) is 13.2. The van der Waals surface area contributed by atoms with Crippen LogP contribution in [0.2, 0.25) is 0 Å². The molecule has 0 aliphatic heterocycles. The smallest absolute Gasteiger partial charge is 0.258 e. The molecule has 100 valence electrons. The molecule has 2 aromatic rings. The number of benzene rings is 1. The second-order valence-corrected chi connectivity index (χ2v) is 4.21. The number of carbonyl (C=O) groups excluding carboxylic acids is 1. The average Bonchev–Trinajstić information content (AvgIpc) is 2.39. The van der Waals surface area contributed by atoms with Crippen LogP contribution in [-0.4, -0.2) is 41.5 Å². The largest absolute Gasteiger partial charge is 0.375 e. The average molecular weight is 261 g/mol. The molecule has 0 spiro atoms. The fourth-order valence-corrected chi connectivity index (χ4v) is 1.76. The molecule has 0 aliphatic carbocycles. The molecule has 0 radical (unpaired) electrons. The molecule has 0 fully saturated rings. The number of para-hydroxylation sites is 1. The number of ether oxygens (including phenoxy) is 1. The van der Waals surface area contributed by atoms with E-state index >= 15 is 0 Å². The summed E-state index contributed by atoms with van der Waals surface area (Å²) in [6.45, 7) is 0.247. The van der Waals surface area contributed by atoms with Crippen LogP contribution in [0.15, 0.2) is 29.1 Å². The van der Waals surface area contributed by atoms with Gasteiger partial charge in [0.2, 0.25) is 5.91 Å². The summed E-state index contributed by atoms with van der Waals surface area (Å²) in [5.74, 6) is 0.286. The first-order valence-corrected chi connectivity index (χ1v) is 5.82. The lowest BCUT2D eigenvalue weighted by molar-refractivity contribution is -0.134. The molecule has 0 aliphatic rings. The summed E-state index contributed by atoms with van der Waals surface area (Å²) in [5.41, 5.74) is 0.419. The van der Waals surface area contributed by atoms with Gasteiger partial charge in [0.25, 0.3) is 5.56 Å². The minimum absolute atomic E-state index is 0.00825. The van der Waals surface area contributed by atoms with Crippen LogP contribution in [0.3, 0.4) is 0 Å². The Labute approximate surface area is 110 Å². The second-order valence-electron chi connectivity index (χ2n) is 4.21. The molecule has 1 N–H and O–H groups in total. The summed E-state index contributed by atoms with van der Waals surface area (Å²) in [7, 11) is 3.10. The Morgan fingerprint density at radius 2 is 2.16 bits per heavy atom. The van der Waals surface area contributed by atoms with Crippen molar-refractivity contribution in [2.24, 2.45) is 0 Å². The molecule has 1 heterocycles. The third-order valence-electron chi connectivity index (χ3n) is 2.74. The first-order valence-electron chi connectivity index (χ1n) is 5.82. The van der Waals surface area contributed by atoms with E-state index < -0.39 is 0 Å². The highest BCUT2D eigenvalue weighted by Gasteiger charge is 2.11. The van der Waals surface area contributed by atoms with Crippen molar-refractivity contribution in [3.8, 4) is 0 Å². The van der Waals surface area contributed by atoms with Gasteiger partial charge in [-0.2, -0.15) is 0 Å². The number of carbonyl (C=O) groups is 1. The zero-order chi connectivity index (χ0) is 13.8. The highest BCUT2D eigenvalue weighted by Crippen LogP contribution is 2.06. The van der Waals surface area contributed by atoms with Crippen molar-refractivity contribution >= 4 is 16.8 Å². The van der Waals surface area contributed by atoms with Crippen molar-refractivity contribution in [3.05, 3.63) is 40.4 Å². The Balaban J connectivity index is 2.26. The van der Waals surface area contributed by atoms with E-state index in [2.05, 4.69) is 9.97 Å². The van der Waals surface area contributed by atoms with Gasteiger partial charge in [-0.1, -0.05) is 12.1 Å². The fourth-order valence-electron chi connectivity index (χ4n) is 1.76. The molecule has 2 rings (SSSR count). The quantitative estimate of drug-likeness (QED) is 0.871. The SMILES string of the molecule is COCC(=O)N(C)Cc1nc2ccccc2c(=O)[nH]1. The van der Waals surface area contributed by atoms with Crippen molar-refractivity contribution in [3.63, 3.8) is 0 Å². The van der Waals surface area contributed by atoms with Crippen molar-refractivity contribution in [1.29, 1.82) is 0 Å². The fraction of sp³-hybridized carbons (Fsp3) is 0.308. The normalized spacial score (nSPS) is 10.6. The molecule has 0 unspecified atom stereocenters. The van der Waals surface area contributed by atoms with E-state index in [0.29, 0.717) is 16.7 Å². The summed E-state index contributed by atoms with van der Waals surface area (Å²) >= 11 is 0. The van der Waals surface area contributed by atoms with Gasteiger partial charge in [-0.25, -0.2) is 4.98 Å². The van der Waals surface area contributed by atoms with E-state index in [0.717, 1.165) is 0 Å². The van der Waals surface area contributed by atoms with Crippen LogP contribution in [0.4, 0.5) is 0 Å². The number of fused-ring (bicyclic) bond motifs is 1. The topological polar surface area (TPSA) is 75.3 Å². The number of aromatic nitrogens is 2. The number of rotatable bonds is 4. The standard InChI is InChI=1S/C13H15N3O3/c1-16(12(17)8-19-2)7-11-14-10-6-4-3-5-9(10)13(18)15-11/h3-6H,7-8H2,1-2H3,(H,14,15,18). The number of nitrogens with zero attached hydrogens (tertiary/aromatic N) is 2. The van der Waals surface area contributed by atoms with Crippen LogP contribution in [0.25, 0.3) is 10.9 Å². The monoisotopic (exact) mass is 261 g/mol. The predicted molar refractivity (Wildman–Crippen MR) is 70.7 cm³/mol. The summed E-state index contributed by atoms with van der Waals surface area (Å²) in [6.07, 6.45) is 0. The Hall–Kier alpha value is -2.21. The van der Waals surface area contributed by atoms with Gasteiger partial charge in [-0.05, 0) is 12.1 Å². The van der Waals surface area contributed by atoms with E-state index in [9.17, 15) is 9.59 Å². The minimum Gasteiger partial charge on any atom is -0.375 e. The molecule has 6 heteroatoms. The number of hydrogen-bond acceptors (Lipinski definition) is 4. The number of aromatic amines is 1. The van der Waals surface area contributed by atoms with Gasteiger partial charge < -0.3 is 14.6 Å². The highest BCUT2D eigenvalue weighted by molar-refractivity contribution is 5.78. The maximum atomic E-state index is 11.9. The van der Waals surface area contributed by atoms with Crippen LogP contribution in [0.5, 0.6) is 0 Å². The molecular formula is C13H15N3O3. The molecule has 0 bridgehead atoms. The first-order chi connectivity index (χ1) is 9.11. The van der Waals surface area contributed by atoms with E-state index in [-0.39, 0.29) is 24.6 Å². The van der Waals surface area contributed by atoms with Gasteiger partial charge in [0.1, 0.15) is 12.4 Å². The highest BCUT2D eigenvalue weighted by atomic mass is 16.5. The van der Waals surface area contributed by atoms with Crippen molar-refractivity contribution in [2.45, 2.75) is 6.54 Å². The molecular weight excluding hydrogens is 246 g/mol. The van der Waals surface area contributed by atoms with E-state index in [1.54, 1.807) is 25.2 Å². The summed E-state index contributed by atoms with van der Waals surface area (Å²) in [6, 6.07) is 7.08. The lowest BCUT2D eigenvalue weighted by Crippen LogP contribution is -2.31. The number of hydrogen-bond donors (Lipinski definition) is 1. The van der Waals surface area contributed by atoms with E-state index in [1.165, 1.54) is 12.0 Å². The minimum atomic E-state index is -0.201. The Morgan fingerprint density at radius 1 is 1.42 bits per heavy atom. The summed E-state index contributed by atoms with van der Waals surface area (Å²) in [5, 5.41) is 0.539. The van der Waals surface area contributed by atoms with Crippen LogP contribution < -0.4 is 5.56 Å². The van der Waals surface area contributed by atoms with Crippen LogP contribution >= 0.6 is 0 Å². The maximum absolute atomic E-state index is 11.9. The zero-order valence-electron chi connectivity index (χ0n) is 10.8. The third-order valence-corrected chi connectivity index (χ3v) is 2.74. The van der Waals surface area contributed by atoms with Gasteiger partial charge >= 0.3 is 0 Å². The molecule has 19 heavy (non-hydrogen) atoms. The summed E-state index contributed by atoms with van der Waals surface area (Å²) in [4.78, 5) is 31.9. The lowest BCUT2D eigenvalue weighted by Gasteiger charge is -2.16. The molecule has 6 nitrogen and oxygen atoms in total. The number of H-pyrrole nitrogens is 1. The lowest BCUT2D eigenvalue weighted by atomic mass is 10.2. The predicted octanol–water partition coefficient (Wildman–Crippen LogP) is 0.528. The van der Waals surface area contributed by atoms with E-state index in [1.807, 2.05) is 6.07 Å². The molecule has 1 amide bonds. The van der Waals surface area contributed by atoms with Crippen LogP contribution in [-0.2, 0) is 16.1 Å². The molecule has 1 aromatic heterocycles. The Morgan fingerprint density at radius 3 is 2.89 bits per heavy atom. The molecule has 1 aromatic carbocycles. The number of methoxy groups -OCH3 is 1. The third kappa shape index (κ3) is 2.97. The summed E-state index contributed by atoms with van der Waals surface area (Å²) < 4.78 is 4.77. The number of nitrogens with one attached hydrogen (secondary N) is 1. The second kappa shape index (κ2) is 5.62. The van der Waals surface area contributed by atoms with Crippen LogP contribution in [0, 0.1) is 0 Å². The Bertz CT molecular complexity index is 651. The number of amides is 1. The Kier molecular flexibility index (Phi) is 3.91. The van der Waals surface area contributed by atoms with Gasteiger partial charge in [0.05, 0.1) is 17.4 Å². The van der Waals surface area contributed by atoms with Crippen molar-refractivity contribution in [2.75, 3.05) is 20.8 Å². The van der Waals surface area contributed by atoms with Gasteiger partial charge in [-0.3, -0.25) is 9.59 Å². The van der Waals surface area contributed by atoms with E-state index in [4.69, 9.17) is 4.74 Å². The molecule has 0 atom stereocenters. The van der Waals surface area contributed by atoms with Gasteiger partial charge in [0.15, 0.2) is 0 Å². The van der Waals surface area contributed by atoms with Gasteiger partial charge in [-0.15, -0.1) is 0 Å². The molecule has 0 saturated carbocycles. The zero-order valence-corrected chi connectivity index (χ0v) is 10.8.